The smallest absolute Gasteiger partial charge is 0.246 e. The van der Waals surface area contributed by atoms with Gasteiger partial charge in [0.1, 0.15) is 0 Å². The van der Waals surface area contributed by atoms with E-state index >= 15 is 0 Å². The number of hydrazone groups is 1. The molecule has 3 aromatic heterocycles. The van der Waals surface area contributed by atoms with Crippen molar-refractivity contribution >= 4 is 62.0 Å². The van der Waals surface area contributed by atoms with Crippen LogP contribution in [0.5, 0.6) is 0 Å². The number of nitrogens with zero attached hydrogens (tertiary/aromatic N) is 5. The molecule has 1 saturated heterocycles. The van der Waals surface area contributed by atoms with E-state index in [0.29, 0.717) is 25.7 Å². The number of halogens is 1. The van der Waals surface area contributed by atoms with Crippen molar-refractivity contribution in [1.29, 1.82) is 0 Å². The van der Waals surface area contributed by atoms with Crippen molar-refractivity contribution in [2.45, 2.75) is 26.0 Å². The van der Waals surface area contributed by atoms with Crippen LogP contribution in [-0.2, 0) is 16.9 Å². The van der Waals surface area contributed by atoms with E-state index in [1.54, 1.807) is 20.1 Å². The molecule has 8 nitrogen and oxygen atoms in total. The van der Waals surface area contributed by atoms with Crippen LogP contribution in [0, 0.1) is 0 Å². The standard InChI is InChI=1S/C29H29ClN6O2S/c1-29(2,37)25-15-23-26(39-25)27(35-10-12-38-13-11-35)33-28(32-23)34-31-16-20-18-36(24-9-4-3-8-22(20)24)17-19-6-5-7-21(30)14-19/h3-9,14-16,18,37H,10-13,17H2,1-2H3,(H,32,33,34)/b31-16+. The van der Waals surface area contributed by atoms with Crippen LogP contribution >= 0.6 is 22.9 Å². The van der Waals surface area contributed by atoms with Gasteiger partial charge in [0.05, 0.1) is 35.2 Å². The van der Waals surface area contributed by atoms with Gasteiger partial charge in [-0.25, -0.2) is 10.4 Å². The molecule has 200 valence electrons. The Morgan fingerprint density at radius 1 is 1.13 bits per heavy atom. The lowest BCUT2D eigenvalue weighted by molar-refractivity contribution is 0.0826. The van der Waals surface area contributed by atoms with Crippen LogP contribution in [-0.4, -0.2) is 52.2 Å². The Labute approximate surface area is 235 Å². The number of hydrogen-bond acceptors (Lipinski definition) is 8. The average molecular weight is 561 g/mol. The predicted octanol–water partition coefficient (Wildman–Crippen LogP) is 5.86. The molecule has 1 aliphatic heterocycles. The first kappa shape index (κ1) is 25.8. The van der Waals surface area contributed by atoms with Crippen LogP contribution in [0.1, 0.15) is 29.9 Å². The Balaban J connectivity index is 1.31. The number of nitrogens with one attached hydrogen (secondary N) is 1. The summed E-state index contributed by atoms with van der Waals surface area (Å²) in [7, 11) is 0. The van der Waals surface area contributed by atoms with Gasteiger partial charge in [0.15, 0.2) is 5.82 Å². The van der Waals surface area contributed by atoms with Crippen molar-refractivity contribution in [3.05, 3.63) is 81.8 Å². The fourth-order valence-corrected chi connectivity index (χ4v) is 6.08. The van der Waals surface area contributed by atoms with Crippen LogP contribution in [0.15, 0.2) is 65.9 Å². The van der Waals surface area contributed by atoms with Crippen LogP contribution in [0.3, 0.4) is 0 Å². The fourth-order valence-electron chi connectivity index (χ4n) is 4.76. The van der Waals surface area contributed by atoms with Gasteiger partial charge in [-0.2, -0.15) is 10.1 Å². The van der Waals surface area contributed by atoms with E-state index in [1.165, 1.54) is 11.3 Å². The second-order valence-corrected chi connectivity index (χ2v) is 11.6. The van der Waals surface area contributed by atoms with Gasteiger partial charge in [-0.1, -0.05) is 41.9 Å². The molecule has 4 heterocycles. The van der Waals surface area contributed by atoms with Gasteiger partial charge < -0.3 is 19.3 Å². The molecular formula is C29H29ClN6O2S. The Bertz CT molecular complexity index is 1670. The number of rotatable bonds is 7. The summed E-state index contributed by atoms with van der Waals surface area (Å²) in [6.07, 6.45) is 3.89. The summed E-state index contributed by atoms with van der Waals surface area (Å²) in [4.78, 5) is 12.6. The van der Waals surface area contributed by atoms with Crippen molar-refractivity contribution in [2.75, 3.05) is 36.6 Å². The predicted molar refractivity (Wildman–Crippen MR) is 159 cm³/mol. The number of anilines is 2. The molecule has 2 N–H and O–H groups in total. The minimum absolute atomic E-state index is 0.406. The average Bonchev–Trinajstić information content (AvgIpc) is 3.51. The second kappa shape index (κ2) is 10.6. The maximum atomic E-state index is 10.6. The van der Waals surface area contributed by atoms with E-state index in [0.717, 1.165) is 61.1 Å². The quantitative estimate of drug-likeness (QED) is 0.191. The number of aromatic nitrogens is 3. The number of benzene rings is 2. The van der Waals surface area contributed by atoms with Crippen molar-refractivity contribution in [1.82, 2.24) is 14.5 Å². The summed E-state index contributed by atoms with van der Waals surface area (Å²) in [5.74, 6) is 1.24. The minimum atomic E-state index is -0.960. The molecular weight excluding hydrogens is 532 g/mol. The summed E-state index contributed by atoms with van der Waals surface area (Å²) in [5.41, 5.74) is 6.09. The molecule has 39 heavy (non-hydrogen) atoms. The highest BCUT2D eigenvalue weighted by Crippen LogP contribution is 2.37. The lowest BCUT2D eigenvalue weighted by Gasteiger charge is -2.28. The Morgan fingerprint density at radius 2 is 1.95 bits per heavy atom. The minimum Gasteiger partial charge on any atom is -0.385 e. The zero-order valence-electron chi connectivity index (χ0n) is 21.8. The van der Waals surface area contributed by atoms with E-state index < -0.39 is 5.60 Å². The molecule has 0 atom stereocenters. The van der Waals surface area contributed by atoms with Crippen molar-refractivity contribution < 1.29 is 9.84 Å². The molecule has 0 radical (unpaired) electrons. The van der Waals surface area contributed by atoms with Gasteiger partial charge in [0.25, 0.3) is 0 Å². The third-order valence-corrected chi connectivity index (χ3v) is 8.37. The maximum absolute atomic E-state index is 10.6. The number of aliphatic hydroxyl groups is 1. The van der Waals surface area contributed by atoms with Crippen molar-refractivity contribution in [2.24, 2.45) is 5.10 Å². The molecule has 10 heteroatoms. The number of ether oxygens (including phenoxy) is 1. The molecule has 0 aliphatic carbocycles. The molecule has 0 bridgehead atoms. The first-order valence-corrected chi connectivity index (χ1v) is 14.0. The molecule has 1 aliphatic rings. The zero-order chi connectivity index (χ0) is 27.0. The van der Waals surface area contributed by atoms with Gasteiger partial charge in [-0.15, -0.1) is 11.3 Å². The van der Waals surface area contributed by atoms with E-state index in [9.17, 15) is 5.11 Å². The summed E-state index contributed by atoms with van der Waals surface area (Å²) in [5, 5.41) is 17.0. The first-order valence-electron chi connectivity index (χ1n) is 12.8. The molecule has 0 spiro atoms. The molecule has 0 saturated carbocycles. The molecule has 0 unspecified atom stereocenters. The van der Waals surface area contributed by atoms with Crippen LogP contribution < -0.4 is 10.3 Å². The number of hydrogen-bond donors (Lipinski definition) is 2. The first-order chi connectivity index (χ1) is 18.8. The van der Waals surface area contributed by atoms with Gasteiger partial charge in [0.2, 0.25) is 5.95 Å². The SMILES string of the molecule is CC(C)(O)c1cc2nc(N/N=C/c3cn(Cc4cccc(Cl)c4)c4ccccc34)nc(N3CCOCC3)c2s1. The Kier molecular flexibility index (Phi) is 6.99. The third kappa shape index (κ3) is 5.49. The number of morpholine rings is 1. The Morgan fingerprint density at radius 3 is 2.74 bits per heavy atom. The van der Waals surface area contributed by atoms with Gasteiger partial charge in [0, 0.05) is 52.2 Å². The molecule has 6 rings (SSSR count). The Hall–Kier alpha value is -3.50. The summed E-state index contributed by atoms with van der Waals surface area (Å²) >= 11 is 7.74. The van der Waals surface area contributed by atoms with Crippen LogP contribution in [0.25, 0.3) is 21.1 Å². The van der Waals surface area contributed by atoms with E-state index in [-0.39, 0.29) is 0 Å². The van der Waals surface area contributed by atoms with Crippen LogP contribution in [0.4, 0.5) is 11.8 Å². The van der Waals surface area contributed by atoms with Gasteiger partial charge in [-0.3, -0.25) is 0 Å². The molecule has 1 fully saturated rings. The number of para-hydroxylation sites is 1. The maximum Gasteiger partial charge on any atom is 0.246 e. The molecule has 5 aromatic rings. The highest BCUT2D eigenvalue weighted by molar-refractivity contribution is 7.19. The van der Waals surface area contributed by atoms with E-state index in [4.69, 9.17) is 26.3 Å². The largest absolute Gasteiger partial charge is 0.385 e. The van der Waals surface area contributed by atoms with Crippen molar-refractivity contribution in [3.8, 4) is 0 Å². The van der Waals surface area contributed by atoms with E-state index in [2.05, 4.69) is 44.4 Å². The highest BCUT2D eigenvalue weighted by atomic mass is 35.5. The number of fused-ring (bicyclic) bond motifs is 2. The number of thiophene rings is 1. The lowest BCUT2D eigenvalue weighted by atomic mass is 10.1. The summed E-state index contributed by atoms with van der Waals surface area (Å²) in [6, 6.07) is 18.1. The van der Waals surface area contributed by atoms with E-state index in [1.807, 2.05) is 36.4 Å². The highest BCUT2D eigenvalue weighted by Gasteiger charge is 2.24. The molecule has 0 amide bonds. The monoisotopic (exact) mass is 560 g/mol. The molecule has 2 aromatic carbocycles. The fraction of sp³-hybridized carbons (Fsp3) is 0.276. The normalized spacial score (nSPS) is 14.6. The third-order valence-electron chi connectivity index (χ3n) is 6.70. The van der Waals surface area contributed by atoms with Gasteiger partial charge >= 0.3 is 0 Å². The second-order valence-electron chi connectivity index (χ2n) is 10.1. The van der Waals surface area contributed by atoms with Crippen LogP contribution in [0.2, 0.25) is 5.02 Å². The topological polar surface area (TPSA) is 87.8 Å². The van der Waals surface area contributed by atoms with Gasteiger partial charge in [-0.05, 0) is 43.7 Å². The lowest BCUT2D eigenvalue weighted by Crippen LogP contribution is -2.36. The van der Waals surface area contributed by atoms with Crippen molar-refractivity contribution in [3.63, 3.8) is 0 Å². The summed E-state index contributed by atoms with van der Waals surface area (Å²) < 4.78 is 8.70. The zero-order valence-corrected chi connectivity index (χ0v) is 23.3. The summed E-state index contributed by atoms with van der Waals surface area (Å²) in [6.45, 7) is 7.06.